The van der Waals surface area contributed by atoms with E-state index in [1.54, 1.807) is 6.92 Å². The number of urea groups is 1. The molecule has 1 heterocycles. The molecule has 1 aliphatic heterocycles. The van der Waals surface area contributed by atoms with Crippen LogP contribution < -0.4 is 0 Å². The van der Waals surface area contributed by atoms with Crippen molar-refractivity contribution in [1.82, 2.24) is 9.80 Å². The van der Waals surface area contributed by atoms with Gasteiger partial charge in [-0.25, -0.2) is 17.6 Å². The number of nitrogens with zero attached hydrogens (tertiary/aromatic N) is 2. The zero-order valence-corrected chi connectivity index (χ0v) is 22.8. The number of halogens is 7. The summed E-state index contributed by atoms with van der Waals surface area (Å²) < 4.78 is 120. The minimum atomic E-state index is -5.06. The van der Waals surface area contributed by atoms with E-state index in [1.165, 1.54) is 37.1 Å². The molecular weight excluding hydrogens is 569 g/mol. The molecule has 1 N–H and O–H groups in total. The molecule has 0 radical (unpaired) electrons. The molecule has 1 fully saturated rings. The Morgan fingerprint density at radius 2 is 1.70 bits per heavy atom. The lowest BCUT2D eigenvalue weighted by Crippen LogP contribution is -2.56. The Balaban J connectivity index is 1.96. The van der Waals surface area contributed by atoms with E-state index in [2.05, 4.69) is 0 Å². The lowest BCUT2D eigenvalue weighted by atomic mass is 9.79. The Morgan fingerprint density at radius 1 is 1.12 bits per heavy atom. The summed E-state index contributed by atoms with van der Waals surface area (Å²) in [6.45, 7) is 2.32. The minimum Gasteiger partial charge on any atom is -0.395 e. The fraction of sp³-hybridized carbons (Fsp3) is 0.577. The van der Waals surface area contributed by atoms with Crippen LogP contribution >= 0.6 is 0 Å². The van der Waals surface area contributed by atoms with Crippen LogP contribution in [0.2, 0.25) is 0 Å². The van der Waals surface area contributed by atoms with Crippen molar-refractivity contribution in [2.75, 3.05) is 26.0 Å². The monoisotopic (exact) mass is 600 g/mol. The molecule has 2 amide bonds. The summed E-state index contributed by atoms with van der Waals surface area (Å²) in [6, 6.07) is -1.57. The molecule has 0 saturated carbocycles. The van der Waals surface area contributed by atoms with Gasteiger partial charge in [0, 0.05) is 25.6 Å². The van der Waals surface area contributed by atoms with E-state index in [1.807, 2.05) is 0 Å². The van der Waals surface area contributed by atoms with E-state index in [-0.39, 0.29) is 31.0 Å². The van der Waals surface area contributed by atoms with Gasteiger partial charge in [0.15, 0.2) is 9.84 Å². The molecule has 1 aromatic carbocycles. The maximum absolute atomic E-state index is 13.9. The van der Waals surface area contributed by atoms with Gasteiger partial charge in [-0.3, -0.25) is 0 Å². The van der Waals surface area contributed by atoms with Crippen molar-refractivity contribution in [3.63, 3.8) is 0 Å². The first kappa shape index (κ1) is 31.9. The molecule has 0 aromatic heterocycles. The van der Waals surface area contributed by atoms with E-state index in [9.17, 15) is 49.1 Å². The molecule has 2 aliphatic rings. The van der Waals surface area contributed by atoms with E-state index in [0.29, 0.717) is 12.1 Å². The lowest BCUT2D eigenvalue weighted by molar-refractivity contribution is -0.143. The number of alkyl halides is 6. The lowest BCUT2D eigenvalue weighted by Gasteiger charge is -2.46. The molecule has 3 rings (SSSR count). The highest BCUT2D eigenvalue weighted by Crippen LogP contribution is 2.40. The highest BCUT2D eigenvalue weighted by molar-refractivity contribution is 7.92. The first-order valence-corrected chi connectivity index (χ1v) is 14.3. The molecule has 0 spiro atoms. The van der Waals surface area contributed by atoms with Crippen LogP contribution in [0.1, 0.15) is 49.4 Å². The Labute approximate surface area is 228 Å². The van der Waals surface area contributed by atoms with Crippen molar-refractivity contribution < 1.29 is 49.1 Å². The van der Waals surface area contributed by atoms with Crippen LogP contribution in [0, 0.1) is 11.8 Å². The summed E-state index contributed by atoms with van der Waals surface area (Å²) >= 11 is 0. The molecule has 6 nitrogen and oxygen atoms in total. The Hall–Kier alpha value is -2.61. The zero-order chi connectivity index (χ0) is 30.2. The van der Waals surface area contributed by atoms with E-state index in [4.69, 9.17) is 0 Å². The average molecular weight is 601 g/mol. The predicted octanol–water partition coefficient (Wildman–Crippen LogP) is 5.75. The predicted molar refractivity (Wildman–Crippen MR) is 133 cm³/mol. The Bertz CT molecular complexity index is 1230. The molecule has 40 heavy (non-hydrogen) atoms. The third-order valence-electron chi connectivity index (χ3n) is 7.65. The normalized spacial score (nSPS) is 25.0. The number of aliphatic hydroxyl groups excluding tert-OH is 1. The van der Waals surface area contributed by atoms with Gasteiger partial charge in [0.1, 0.15) is 5.83 Å². The van der Waals surface area contributed by atoms with Gasteiger partial charge < -0.3 is 14.9 Å². The largest absolute Gasteiger partial charge is 0.416 e. The Kier molecular flexibility index (Phi) is 9.34. The first-order chi connectivity index (χ1) is 18.4. The molecule has 1 aliphatic carbocycles. The zero-order valence-electron chi connectivity index (χ0n) is 22.0. The van der Waals surface area contributed by atoms with E-state index in [0.717, 1.165) is 4.90 Å². The summed E-state index contributed by atoms with van der Waals surface area (Å²) in [5.41, 5.74) is -3.40. The molecule has 2 unspecified atom stereocenters. The third kappa shape index (κ3) is 6.99. The summed E-state index contributed by atoms with van der Waals surface area (Å²) in [5.74, 6) is -1.93. The minimum absolute atomic E-state index is 0.00904. The molecule has 14 heteroatoms. The van der Waals surface area contributed by atoms with Gasteiger partial charge in [0.2, 0.25) is 0 Å². The van der Waals surface area contributed by atoms with Crippen molar-refractivity contribution in [1.29, 1.82) is 0 Å². The molecule has 5 atom stereocenters. The molecule has 0 bridgehead atoms. The standard InChI is InChI=1S/C26H31F7N2O4S/c1-15-10-20(27)4-5-22(15)23-14-21(40(38,39)9-8-36)6-7-35(23)24(37)34(3)16(2)17-11-18(25(28,29)30)13-19(12-17)26(31,32)33/h4-5,10-13,15-16,21-23,36H,6-9,14H2,1-3H3/t15?,16-,21-,22?,23+/m0/s1. The molecule has 224 valence electrons. The van der Waals surface area contributed by atoms with E-state index >= 15 is 0 Å². The maximum atomic E-state index is 13.9. The smallest absolute Gasteiger partial charge is 0.395 e. The molecule has 1 aromatic rings. The summed E-state index contributed by atoms with van der Waals surface area (Å²) in [4.78, 5) is 16.0. The SMILES string of the molecule is CC1C=C(F)C=CC1[C@H]1C[C@@H](S(=O)(=O)CCO)CCN1C(=O)N(C)[C@@H](C)c1cc(C(F)(F)F)cc(C(F)(F)F)c1. The van der Waals surface area contributed by atoms with E-state index < -0.39 is 86.7 Å². The summed E-state index contributed by atoms with van der Waals surface area (Å²) in [7, 11) is -2.49. The maximum Gasteiger partial charge on any atom is 0.416 e. The van der Waals surface area contributed by atoms with Crippen LogP contribution in [0.3, 0.4) is 0 Å². The van der Waals surface area contributed by atoms with Gasteiger partial charge in [-0.05, 0) is 61.6 Å². The van der Waals surface area contributed by atoms with Gasteiger partial charge in [-0.15, -0.1) is 0 Å². The van der Waals surface area contributed by atoms with Crippen molar-refractivity contribution in [2.45, 2.75) is 56.4 Å². The van der Waals surface area contributed by atoms with Crippen LogP contribution in [0.15, 0.2) is 42.3 Å². The number of sulfone groups is 1. The number of aliphatic hydroxyl groups is 1. The fourth-order valence-corrected chi connectivity index (χ4v) is 6.82. The number of amides is 2. The number of likely N-dealkylation sites (tertiary alicyclic amines) is 1. The van der Waals surface area contributed by atoms with Crippen LogP contribution in [-0.4, -0.2) is 66.6 Å². The van der Waals surface area contributed by atoms with Crippen LogP contribution in [0.5, 0.6) is 0 Å². The number of carbonyl (C=O) groups excluding carboxylic acids is 1. The molecular formula is C26H31F7N2O4S. The number of allylic oxidation sites excluding steroid dienone is 3. The second-order valence-electron chi connectivity index (χ2n) is 10.3. The van der Waals surface area contributed by atoms with Crippen molar-refractivity contribution in [3.8, 4) is 0 Å². The average Bonchev–Trinajstić information content (AvgIpc) is 2.85. The van der Waals surface area contributed by atoms with Crippen LogP contribution in [0.4, 0.5) is 35.5 Å². The summed E-state index contributed by atoms with van der Waals surface area (Å²) in [6.07, 6.45) is -6.08. The second-order valence-corrected chi connectivity index (χ2v) is 12.7. The quantitative estimate of drug-likeness (QED) is 0.422. The fourth-order valence-electron chi connectivity index (χ4n) is 5.27. The Morgan fingerprint density at radius 3 is 2.20 bits per heavy atom. The van der Waals surface area contributed by atoms with Gasteiger partial charge >= 0.3 is 18.4 Å². The second kappa shape index (κ2) is 11.7. The third-order valence-corrected chi connectivity index (χ3v) is 9.85. The van der Waals surface area contributed by atoms with Crippen LogP contribution in [-0.2, 0) is 22.2 Å². The van der Waals surface area contributed by atoms with Gasteiger partial charge in [-0.2, -0.15) is 26.3 Å². The first-order valence-electron chi connectivity index (χ1n) is 12.6. The topological polar surface area (TPSA) is 77.9 Å². The number of benzene rings is 1. The highest BCUT2D eigenvalue weighted by Gasteiger charge is 2.44. The van der Waals surface area contributed by atoms with Crippen molar-refractivity contribution in [3.05, 3.63) is 58.9 Å². The summed E-state index contributed by atoms with van der Waals surface area (Å²) in [5, 5.41) is 8.29. The number of carbonyl (C=O) groups is 1. The van der Waals surface area contributed by atoms with Gasteiger partial charge in [0.25, 0.3) is 0 Å². The number of piperidine rings is 1. The van der Waals surface area contributed by atoms with Crippen LogP contribution in [0.25, 0.3) is 0 Å². The van der Waals surface area contributed by atoms with Gasteiger partial charge in [-0.1, -0.05) is 13.0 Å². The van der Waals surface area contributed by atoms with Crippen molar-refractivity contribution >= 4 is 15.9 Å². The number of rotatable bonds is 6. The molecule has 1 saturated heterocycles. The number of hydrogen-bond donors (Lipinski definition) is 1. The van der Waals surface area contributed by atoms with Crippen molar-refractivity contribution in [2.24, 2.45) is 11.8 Å². The number of hydrogen-bond acceptors (Lipinski definition) is 4. The highest BCUT2D eigenvalue weighted by atomic mass is 32.2. The van der Waals surface area contributed by atoms with Gasteiger partial charge in [0.05, 0.1) is 34.8 Å².